The van der Waals surface area contributed by atoms with E-state index in [9.17, 15) is 4.79 Å². The van der Waals surface area contributed by atoms with E-state index in [1.165, 1.54) is 4.90 Å². The van der Waals surface area contributed by atoms with Gasteiger partial charge < -0.3 is 15.0 Å². The van der Waals surface area contributed by atoms with Gasteiger partial charge in [-0.25, -0.2) is 0 Å². The number of aryl methyl sites for hydroxylation is 1. The first-order valence-corrected chi connectivity index (χ1v) is 7.57. The lowest BCUT2D eigenvalue weighted by atomic mass is 10.1. The average molecular weight is 300 g/mol. The molecule has 1 aliphatic rings. The Labute approximate surface area is 131 Å². The number of benzene rings is 1. The molecule has 1 aromatic rings. The molecule has 5 nitrogen and oxygen atoms in total. The maximum Gasteiger partial charge on any atom is 0.262 e. The predicted octanol–water partition coefficient (Wildman–Crippen LogP) is -0.0667. The van der Waals surface area contributed by atoms with Gasteiger partial charge in [-0.15, -0.1) is 0 Å². The third-order valence-electron chi connectivity index (χ3n) is 3.72. The second-order valence-electron chi connectivity index (χ2n) is 5.45. The number of nitrogens with zero attached hydrogens (tertiary/aromatic N) is 1. The summed E-state index contributed by atoms with van der Waals surface area (Å²) >= 11 is 0. The zero-order chi connectivity index (χ0) is 15.8. The third-order valence-corrected chi connectivity index (χ3v) is 3.72. The molecule has 1 heterocycles. The molecule has 1 fully saturated rings. The van der Waals surface area contributed by atoms with Gasteiger partial charge in [0.05, 0.1) is 26.3 Å². The minimum Gasteiger partial charge on any atom is -0.370 e. The van der Waals surface area contributed by atoms with Crippen LogP contribution >= 0.6 is 0 Å². The van der Waals surface area contributed by atoms with E-state index in [2.05, 4.69) is 5.32 Å². The number of quaternary nitrogens is 1. The van der Waals surface area contributed by atoms with Gasteiger partial charge in [-0.2, -0.15) is 5.26 Å². The Balaban J connectivity index is 1.86. The topological polar surface area (TPSA) is 66.6 Å². The number of hydrogen-bond donors (Lipinski definition) is 2. The highest BCUT2D eigenvalue weighted by atomic mass is 16.5. The molecule has 0 saturated carbocycles. The van der Waals surface area contributed by atoms with E-state index in [1.54, 1.807) is 6.08 Å². The minimum absolute atomic E-state index is 0.140. The van der Waals surface area contributed by atoms with Gasteiger partial charge in [0.15, 0.2) is 0 Å². The predicted molar refractivity (Wildman–Crippen MR) is 84.2 cm³/mol. The fraction of sp³-hybridized carbons (Fsp3) is 0.412. The van der Waals surface area contributed by atoms with Crippen molar-refractivity contribution in [1.29, 1.82) is 5.26 Å². The van der Waals surface area contributed by atoms with Crippen molar-refractivity contribution >= 4 is 12.0 Å². The van der Waals surface area contributed by atoms with E-state index < -0.39 is 0 Å². The summed E-state index contributed by atoms with van der Waals surface area (Å²) in [7, 11) is 0. The van der Waals surface area contributed by atoms with Gasteiger partial charge in [0.25, 0.3) is 5.91 Å². The fourth-order valence-corrected chi connectivity index (χ4v) is 2.34. The number of morpholine rings is 1. The van der Waals surface area contributed by atoms with Crippen LogP contribution in [0.4, 0.5) is 0 Å². The van der Waals surface area contributed by atoms with Crippen LogP contribution in [0.3, 0.4) is 0 Å². The van der Waals surface area contributed by atoms with Crippen LogP contribution in [0, 0.1) is 18.3 Å². The molecule has 0 bridgehead atoms. The zero-order valence-electron chi connectivity index (χ0n) is 12.9. The van der Waals surface area contributed by atoms with Crippen molar-refractivity contribution in [3.05, 3.63) is 41.0 Å². The summed E-state index contributed by atoms with van der Waals surface area (Å²) in [6.45, 7) is 6.93. The molecule has 1 saturated heterocycles. The number of ether oxygens (including phenoxy) is 1. The van der Waals surface area contributed by atoms with Gasteiger partial charge >= 0.3 is 0 Å². The highest BCUT2D eigenvalue weighted by Gasteiger charge is 2.14. The highest BCUT2D eigenvalue weighted by molar-refractivity contribution is 6.01. The van der Waals surface area contributed by atoms with Crippen molar-refractivity contribution in [1.82, 2.24) is 5.32 Å². The van der Waals surface area contributed by atoms with Gasteiger partial charge in [0.1, 0.15) is 24.7 Å². The average Bonchev–Trinajstić information content (AvgIpc) is 2.55. The lowest BCUT2D eigenvalue weighted by Crippen LogP contribution is -3.14. The van der Waals surface area contributed by atoms with Crippen LogP contribution in [0.25, 0.3) is 6.08 Å². The second-order valence-corrected chi connectivity index (χ2v) is 5.45. The van der Waals surface area contributed by atoms with E-state index in [1.807, 2.05) is 37.3 Å². The third kappa shape index (κ3) is 4.99. The first kappa shape index (κ1) is 16.2. The Bertz CT molecular complexity index is 567. The Hall–Kier alpha value is -2.16. The summed E-state index contributed by atoms with van der Waals surface area (Å²) in [5.74, 6) is -0.310. The SMILES string of the molecule is Cc1ccc(/C=C(/C#N)C(=O)NCC[NH+]2CCOCC2)cc1. The van der Waals surface area contributed by atoms with E-state index in [0.29, 0.717) is 6.54 Å². The highest BCUT2D eigenvalue weighted by Crippen LogP contribution is 2.08. The Morgan fingerprint density at radius 1 is 1.36 bits per heavy atom. The largest absolute Gasteiger partial charge is 0.370 e. The number of carbonyl (C=O) groups excluding carboxylic acids is 1. The molecule has 0 unspecified atom stereocenters. The van der Waals surface area contributed by atoms with Crippen LogP contribution in [0.15, 0.2) is 29.8 Å². The van der Waals surface area contributed by atoms with Crippen LogP contribution in [0.2, 0.25) is 0 Å². The molecule has 2 rings (SSSR count). The van der Waals surface area contributed by atoms with E-state index in [0.717, 1.165) is 44.0 Å². The zero-order valence-corrected chi connectivity index (χ0v) is 12.9. The van der Waals surface area contributed by atoms with Crippen molar-refractivity contribution in [2.24, 2.45) is 0 Å². The van der Waals surface area contributed by atoms with Crippen LogP contribution in [0.1, 0.15) is 11.1 Å². The minimum atomic E-state index is -0.310. The number of hydrogen-bond acceptors (Lipinski definition) is 3. The van der Waals surface area contributed by atoms with Crippen LogP contribution < -0.4 is 10.2 Å². The van der Waals surface area contributed by atoms with E-state index in [-0.39, 0.29) is 11.5 Å². The lowest BCUT2D eigenvalue weighted by Gasteiger charge is -2.23. The fourth-order valence-electron chi connectivity index (χ4n) is 2.34. The summed E-state index contributed by atoms with van der Waals surface area (Å²) in [5, 5.41) is 12.0. The van der Waals surface area contributed by atoms with Crippen molar-refractivity contribution in [2.45, 2.75) is 6.92 Å². The Morgan fingerprint density at radius 2 is 2.05 bits per heavy atom. The summed E-state index contributed by atoms with van der Waals surface area (Å²) in [6, 6.07) is 9.69. The van der Waals surface area contributed by atoms with Crippen molar-refractivity contribution in [2.75, 3.05) is 39.4 Å². The van der Waals surface area contributed by atoms with Gasteiger partial charge in [-0.1, -0.05) is 29.8 Å². The van der Waals surface area contributed by atoms with Crippen molar-refractivity contribution in [3.8, 4) is 6.07 Å². The van der Waals surface area contributed by atoms with Gasteiger partial charge in [-0.3, -0.25) is 4.79 Å². The molecule has 0 aliphatic carbocycles. The normalized spacial score (nSPS) is 16.1. The van der Waals surface area contributed by atoms with Crippen molar-refractivity contribution < 1.29 is 14.4 Å². The summed E-state index contributed by atoms with van der Waals surface area (Å²) in [6.07, 6.45) is 1.62. The standard InChI is InChI=1S/C17H21N3O2/c1-14-2-4-15(5-3-14)12-16(13-18)17(21)19-6-7-20-8-10-22-11-9-20/h2-5,12H,6-11H2,1H3,(H,19,21)/p+1/b16-12-. The Kier molecular flexibility index (Phi) is 6.13. The van der Waals surface area contributed by atoms with Gasteiger partial charge in [0.2, 0.25) is 0 Å². The summed E-state index contributed by atoms with van der Waals surface area (Å²) in [4.78, 5) is 13.5. The summed E-state index contributed by atoms with van der Waals surface area (Å²) in [5.41, 5.74) is 2.14. The molecular weight excluding hydrogens is 278 g/mol. The molecule has 0 aromatic heterocycles. The summed E-state index contributed by atoms with van der Waals surface area (Å²) < 4.78 is 5.30. The first-order valence-electron chi connectivity index (χ1n) is 7.57. The maximum atomic E-state index is 12.1. The number of nitriles is 1. The van der Waals surface area contributed by atoms with Crippen LogP contribution in [0.5, 0.6) is 0 Å². The van der Waals surface area contributed by atoms with E-state index in [4.69, 9.17) is 10.00 Å². The van der Waals surface area contributed by atoms with Crippen molar-refractivity contribution in [3.63, 3.8) is 0 Å². The number of nitrogens with one attached hydrogen (secondary N) is 2. The molecule has 1 aliphatic heterocycles. The molecular formula is C17H22N3O2+. The monoisotopic (exact) mass is 300 g/mol. The van der Waals surface area contributed by atoms with Gasteiger partial charge in [0, 0.05) is 0 Å². The molecule has 1 amide bonds. The second kappa shape index (κ2) is 8.32. The lowest BCUT2D eigenvalue weighted by molar-refractivity contribution is -0.906. The molecule has 5 heteroatoms. The van der Waals surface area contributed by atoms with Crippen LogP contribution in [-0.2, 0) is 9.53 Å². The maximum absolute atomic E-state index is 12.1. The smallest absolute Gasteiger partial charge is 0.262 e. The molecule has 0 atom stereocenters. The first-order chi connectivity index (χ1) is 10.7. The molecule has 116 valence electrons. The molecule has 22 heavy (non-hydrogen) atoms. The van der Waals surface area contributed by atoms with Gasteiger partial charge in [-0.05, 0) is 18.6 Å². The van der Waals surface area contributed by atoms with E-state index >= 15 is 0 Å². The number of amides is 1. The van der Waals surface area contributed by atoms with Crippen LogP contribution in [-0.4, -0.2) is 45.3 Å². The molecule has 1 aromatic carbocycles. The molecule has 0 spiro atoms. The quantitative estimate of drug-likeness (QED) is 0.591. The Morgan fingerprint density at radius 3 is 2.68 bits per heavy atom. The molecule has 2 N–H and O–H groups in total. The number of rotatable bonds is 5. The molecule has 0 radical (unpaired) electrons. The number of carbonyl (C=O) groups is 1.